The summed E-state index contributed by atoms with van der Waals surface area (Å²) >= 11 is 0. The maximum Gasteiger partial charge on any atom is 0.272 e. The van der Waals surface area contributed by atoms with Crippen molar-refractivity contribution in [2.75, 3.05) is 11.1 Å². The van der Waals surface area contributed by atoms with Crippen molar-refractivity contribution < 1.29 is 17.6 Å². The number of nitriles is 1. The highest BCUT2D eigenvalue weighted by molar-refractivity contribution is 7.91. The molecule has 1 heterocycles. The zero-order valence-electron chi connectivity index (χ0n) is 14.4. The highest BCUT2D eigenvalue weighted by Crippen LogP contribution is 2.46. The number of hydrogen-bond acceptors (Lipinski definition) is 4. The number of hydrogen-bond donors (Lipinski definition) is 1. The van der Waals surface area contributed by atoms with Crippen LogP contribution in [0.1, 0.15) is 35.8 Å². The summed E-state index contributed by atoms with van der Waals surface area (Å²) in [6.45, 7) is 1.93. The number of halogens is 1. The van der Waals surface area contributed by atoms with Gasteiger partial charge in [-0.2, -0.15) is 5.26 Å². The lowest BCUT2D eigenvalue weighted by Crippen LogP contribution is -2.15. The van der Waals surface area contributed by atoms with Gasteiger partial charge in [-0.3, -0.25) is 4.79 Å². The first-order chi connectivity index (χ1) is 12.1. The van der Waals surface area contributed by atoms with Crippen LogP contribution >= 0.6 is 0 Å². The molecule has 136 valence electrons. The molecule has 3 rings (SSSR count). The molecule has 0 bridgehead atoms. The quantitative estimate of drug-likeness (QED) is 0.870. The molecule has 0 spiro atoms. The molecule has 0 atom stereocenters. The van der Waals surface area contributed by atoms with E-state index in [0.29, 0.717) is 0 Å². The van der Waals surface area contributed by atoms with Crippen molar-refractivity contribution in [2.45, 2.75) is 24.7 Å². The Labute approximate surface area is 151 Å². The number of nitrogens with zero attached hydrogens (tertiary/aromatic N) is 2. The predicted molar refractivity (Wildman–Crippen MR) is 93.9 cm³/mol. The molecule has 8 heteroatoms. The van der Waals surface area contributed by atoms with Gasteiger partial charge in [0.1, 0.15) is 17.6 Å². The van der Waals surface area contributed by atoms with Gasteiger partial charge in [-0.15, -0.1) is 0 Å². The van der Waals surface area contributed by atoms with E-state index in [-0.39, 0.29) is 33.0 Å². The minimum Gasteiger partial charge on any atom is -0.345 e. The number of anilines is 1. The third kappa shape index (κ3) is 3.63. The van der Waals surface area contributed by atoms with Gasteiger partial charge < -0.3 is 9.88 Å². The van der Waals surface area contributed by atoms with Gasteiger partial charge in [0, 0.05) is 18.9 Å². The molecular formula is C18H18FN3O3S. The van der Waals surface area contributed by atoms with E-state index in [2.05, 4.69) is 5.32 Å². The fourth-order valence-electron chi connectivity index (χ4n) is 2.71. The fraction of sp³-hybridized carbons (Fsp3) is 0.333. The molecule has 2 aromatic rings. The van der Waals surface area contributed by atoms with Crippen LogP contribution in [0, 0.1) is 22.6 Å². The van der Waals surface area contributed by atoms with Crippen LogP contribution in [-0.4, -0.2) is 24.6 Å². The van der Waals surface area contributed by atoms with Crippen LogP contribution in [0.2, 0.25) is 0 Å². The van der Waals surface area contributed by atoms with Gasteiger partial charge in [0.05, 0.1) is 16.2 Å². The van der Waals surface area contributed by atoms with Gasteiger partial charge in [0.2, 0.25) is 0 Å². The molecule has 1 aliphatic carbocycles. The number of aryl methyl sites for hydroxylation is 1. The van der Waals surface area contributed by atoms with Gasteiger partial charge >= 0.3 is 0 Å². The predicted octanol–water partition coefficient (Wildman–Crippen LogP) is 2.86. The highest BCUT2D eigenvalue weighted by Gasteiger charge is 2.42. The summed E-state index contributed by atoms with van der Waals surface area (Å²) in [5, 5.41) is 11.4. The topological polar surface area (TPSA) is 92.0 Å². The van der Waals surface area contributed by atoms with Crippen LogP contribution in [0.15, 0.2) is 35.4 Å². The summed E-state index contributed by atoms with van der Waals surface area (Å²) in [7, 11) is -1.89. The number of rotatable bonds is 5. The lowest BCUT2D eigenvalue weighted by atomic mass is 10.2. The summed E-state index contributed by atoms with van der Waals surface area (Å²) in [6, 6.07) is 6.69. The maximum absolute atomic E-state index is 13.4. The molecule has 0 radical (unpaired) electrons. The van der Waals surface area contributed by atoms with Gasteiger partial charge in [-0.1, -0.05) is 6.92 Å². The van der Waals surface area contributed by atoms with Crippen LogP contribution in [0.5, 0.6) is 0 Å². The number of benzene rings is 1. The molecule has 0 unspecified atom stereocenters. The Hall–Kier alpha value is -2.66. The van der Waals surface area contributed by atoms with Gasteiger partial charge in [0.25, 0.3) is 5.91 Å². The molecular weight excluding hydrogens is 357 g/mol. The first-order valence-corrected chi connectivity index (χ1v) is 9.69. The lowest BCUT2D eigenvalue weighted by molar-refractivity contribution is 0.101. The molecule has 1 aromatic heterocycles. The summed E-state index contributed by atoms with van der Waals surface area (Å²) in [6.07, 6.45) is 3.19. The standard InChI is InChI=1S/C18H18FN3O3S/c1-18(5-6-18)11-26(24,25)14-8-16(22(2)10-14)17(23)21-13-3-4-15(19)12(7-13)9-20/h3-4,7-8,10H,5-6,11H2,1-2H3,(H,21,23). The van der Waals surface area contributed by atoms with Gasteiger partial charge in [-0.05, 0) is 42.5 Å². The largest absolute Gasteiger partial charge is 0.345 e. The SMILES string of the molecule is Cn1cc(S(=O)(=O)CC2(C)CC2)cc1C(=O)Nc1ccc(F)c(C#N)c1. The van der Waals surface area contributed by atoms with Crippen LogP contribution in [0.3, 0.4) is 0 Å². The first kappa shape index (κ1) is 18.1. The Morgan fingerprint density at radius 2 is 2.08 bits per heavy atom. The molecule has 1 amide bonds. The molecule has 1 fully saturated rings. The van der Waals surface area contributed by atoms with Crippen LogP contribution in [0.25, 0.3) is 0 Å². The van der Waals surface area contributed by atoms with Crippen molar-refractivity contribution >= 4 is 21.4 Å². The molecule has 0 aliphatic heterocycles. The fourth-order valence-corrected chi connectivity index (χ4v) is 4.70. The van der Waals surface area contributed by atoms with Crippen LogP contribution in [-0.2, 0) is 16.9 Å². The molecule has 1 aliphatic rings. The summed E-state index contributed by atoms with van der Waals surface area (Å²) in [5.74, 6) is -1.15. The Bertz CT molecular complexity index is 1030. The van der Waals surface area contributed by atoms with Gasteiger partial charge in [0.15, 0.2) is 9.84 Å². The Kier molecular flexibility index (Phi) is 4.36. The van der Waals surface area contributed by atoms with Gasteiger partial charge in [-0.25, -0.2) is 12.8 Å². The van der Waals surface area contributed by atoms with E-state index in [4.69, 9.17) is 5.26 Å². The zero-order chi connectivity index (χ0) is 19.1. The van der Waals surface area contributed by atoms with E-state index in [1.807, 2.05) is 6.92 Å². The molecule has 1 aromatic carbocycles. The minimum absolute atomic E-state index is 0.0641. The van der Waals surface area contributed by atoms with E-state index in [9.17, 15) is 17.6 Å². The van der Waals surface area contributed by atoms with Crippen LogP contribution < -0.4 is 5.32 Å². The normalized spacial score (nSPS) is 15.3. The summed E-state index contributed by atoms with van der Waals surface area (Å²) in [4.78, 5) is 12.6. The zero-order valence-corrected chi connectivity index (χ0v) is 15.2. The van der Waals surface area contributed by atoms with Crippen molar-refractivity contribution in [3.8, 4) is 6.07 Å². The highest BCUT2D eigenvalue weighted by atomic mass is 32.2. The van der Waals surface area contributed by atoms with E-state index in [1.165, 1.54) is 29.0 Å². The van der Waals surface area contributed by atoms with Crippen molar-refractivity contribution in [3.63, 3.8) is 0 Å². The Balaban J connectivity index is 1.83. The summed E-state index contributed by atoms with van der Waals surface area (Å²) < 4.78 is 39.9. The molecule has 1 N–H and O–H groups in total. The van der Waals surface area contributed by atoms with Crippen molar-refractivity contribution in [1.82, 2.24) is 4.57 Å². The number of carbonyl (C=O) groups excluding carboxylic acids is 1. The summed E-state index contributed by atoms with van der Waals surface area (Å²) in [5.41, 5.74) is 0.0610. The monoisotopic (exact) mass is 375 g/mol. The van der Waals surface area contributed by atoms with E-state index < -0.39 is 21.6 Å². The lowest BCUT2D eigenvalue weighted by Gasteiger charge is -2.07. The Morgan fingerprint density at radius 3 is 2.69 bits per heavy atom. The minimum atomic E-state index is -3.47. The molecule has 26 heavy (non-hydrogen) atoms. The molecule has 6 nitrogen and oxygen atoms in total. The Morgan fingerprint density at radius 1 is 1.38 bits per heavy atom. The number of nitrogens with one attached hydrogen (secondary N) is 1. The molecule has 1 saturated carbocycles. The second-order valence-corrected chi connectivity index (χ2v) is 8.99. The second kappa shape index (κ2) is 6.25. The maximum atomic E-state index is 13.4. The third-order valence-corrected chi connectivity index (χ3v) is 6.58. The van der Waals surface area contributed by atoms with E-state index in [0.717, 1.165) is 18.9 Å². The first-order valence-electron chi connectivity index (χ1n) is 8.04. The van der Waals surface area contributed by atoms with Crippen molar-refractivity contribution in [3.05, 3.63) is 47.5 Å². The number of amides is 1. The second-order valence-electron chi connectivity index (χ2n) is 7.00. The smallest absolute Gasteiger partial charge is 0.272 e. The number of sulfone groups is 1. The van der Waals surface area contributed by atoms with Crippen molar-refractivity contribution in [1.29, 1.82) is 5.26 Å². The van der Waals surface area contributed by atoms with Crippen LogP contribution in [0.4, 0.5) is 10.1 Å². The van der Waals surface area contributed by atoms with E-state index in [1.54, 1.807) is 13.1 Å². The average Bonchev–Trinajstić information content (AvgIpc) is 3.13. The van der Waals surface area contributed by atoms with E-state index >= 15 is 0 Å². The third-order valence-electron chi connectivity index (χ3n) is 4.56. The number of carbonyl (C=O) groups is 1. The average molecular weight is 375 g/mol. The molecule has 0 saturated heterocycles. The van der Waals surface area contributed by atoms with Crippen molar-refractivity contribution in [2.24, 2.45) is 12.5 Å². The number of aromatic nitrogens is 1.